The molecule has 0 aromatic heterocycles. The zero-order valence-electron chi connectivity index (χ0n) is 17.0. The predicted molar refractivity (Wildman–Crippen MR) is 120 cm³/mol. The zero-order valence-corrected chi connectivity index (χ0v) is 17.8. The minimum Gasteiger partial charge on any atom is -0.506 e. The van der Waals surface area contributed by atoms with E-state index >= 15 is 0 Å². The molecule has 0 saturated carbocycles. The number of carbonyl (C=O) groups is 2. The second-order valence-corrected chi connectivity index (χ2v) is 7.59. The van der Waals surface area contributed by atoms with Gasteiger partial charge in [0.05, 0.1) is 17.2 Å². The molecule has 0 aliphatic carbocycles. The van der Waals surface area contributed by atoms with Gasteiger partial charge in [-0.15, -0.1) is 0 Å². The Kier molecular flexibility index (Phi) is 7.15. The van der Waals surface area contributed by atoms with Crippen LogP contribution in [0.1, 0.15) is 18.1 Å². The minimum atomic E-state index is -1.06. The van der Waals surface area contributed by atoms with E-state index in [-0.39, 0.29) is 17.9 Å². The Balaban J connectivity index is 1.91. The number of benzene rings is 2. The van der Waals surface area contributed by atoms with Crippen LogP contribution in [0, 0.1) is 6.92 Å². The molecule has 1 aliphatic heterocycles. The average Bonchev–Trinajstić information content (AvgIpc) is 3.04. The predicted octanol–water partition coefficient (Wildman–Crippen LogP) is 4.65. The Hall–Kier alpha value is -3.52. The van der Waals surface area contributed by atoms with Crippen molar-refractivity contribution in [1.82, 2.24) is 0 Å². The first-order valence-electron chi connectivity index (χ1n) is 9.48. The van der Waals surface area contributed by atoms with E-state index in [4.69, 9.17) is 14.6 Å². The van der Waals surface area contributed by atoms with E-state index in [2.05, 4.69) is 4.99 Å². The first-order valence-corrected chi connectivity index (χ1v) is 10.3. The molecule has 0 saturated heterocycles. The Bertz CT molecular complexity index is 1070. The third kappa shape index (κ3) is 5.76. The lowest BCUT2D eigenvalue weighted by Crippen LogP contribution is -2.12. The number of thioether (sulfide) groups is 1. The molecule has 1 heterocycles. The van der Waals surface area contributed by atoms with E-state index < -0.39 is 18.5 Å². The summed E-state index contributed by atoms with van der Waals surface area (Å²) in [6.45, 7) is 3.41. The van der Waals surface area contributed by atoms with E-state index in [1.165, 1.54) is 11.8 Å². The lowest BCUT2D eigenvalue weighted by molar-refractivity contribution is -0.139. The minimum absolute atomic E-state index is 0.0279. The molecular formula is C23H21NO6S. The maximum Gasteiger partial charge on any atom is 0.344 e. The maximum atomic E-state index is 12.5. The summed E-state index contributed by atoms with van der Waals surface area (Å²) >= 11 is 1.17. The van der Waals surface area contributed by atoms with Crippen molar-refractivity contribution in [3.63, 3.8) is 0 Å². The van der Waals surface area contributed by atoms with Crippen molar-refractivity contribution >= 4 is 40.5 Å². The smallest absolute Gasteiger partial charge is 0.344 e. The van der Waals surface area contributed by atoms with E-state index in [0.717, 1.165) is 11.1 Å². The highest BCUT2D eigenvalue weighted by Crippen LogP contribution is 2.40. The van der Waals surface area contributed by atoms with Gasteiger partial charge in [0.25, 0.3) is 0 Å². The lowest BCUT2D eigenvalue weighted by Gasteiger charge is -2.04. The summed E-state index contributed by atoms with van der Waals surface area (Å²) in [4.78, 5) is 28.0. The molecule has 0 bridgehead atoms. The summed E-state index contributed by atoms with van der Waals surface area (Å²) in [6, 6.07) is 14.2. The zero-order chi connectivity index (χ0) is 22.4. The standard InChI is InChI=1S/C23H21NO6S/c1-3-29-23(28)20-21(27)18(31-22(20)24-16-8-4-14(2)5-9-16)12-15-6-10-17(11-7-15)30-13-19(25)26/h4-12,27H,3,13H2,1-2H3,(H,25,26)/b18-12-,24-22?. The van der Waals surface area contributed by atoms with Gasteiger partial charge in [0.15, 0.2) is 6.61 Å². The first-order chi connectivity index (χ1) is 14.9. The van der Waals surface area contributed by atoms with Gasteiger partial charge < -0.3 is 19.7 Å². The summed E-state index contributed by atoms with van der Waals surface area (Å²) in [7, 11) is 0. The molecule has 0 spiro atoms. The molecule has 0 unspecified atom stereocenters. The molecule has 1 aliphatic rings. The summed E-state index contributed by atoms with van der Waals surface area (Å²) < 4.78 is 10.2. The highest BCUT2D eigenvalue weighted by atomic mass is 32.2. The summed E-state index contributed by atoms with van der Waals surface area (Å²) in [6.07, 6.45) is 1.71. The SMILES string of the molecule is CCOC(=O)C1=C(O)/C(=C/c2ccc(OCC(=O)O)cc2)SC1=Nc1ccc(C)cc1. The number of ether oxygens (including phenoxy) is 2. The van der Waals surface area contributed by atoms with Crippen molar-refractivity contribution in [2.45, 2.75) is 13.8 Å². The molecule has 2 N–H and O–H groups in total. The molecule has 2 aromatic rings. The number of carboxylic acid groups (broad SMARTS) is 1. The summed E-state index contributed by atoms with van der Waals surface area (Å²) in [5, 5.41) is 19.8. The van der Waals surface area contributed by atoms with Gasteiger partial charge in [-0.25, -0.2) is 14.6 Å². The highest BCUT2D eigenvalue weighted by molar-refractivity contribution is 8.18. The number of hydrogen-bond donors (Lipinski definition) is 2. The maximum absolute atomic E-state index is 12.5. The fourth-order valence-electron chi connectivity index (χ4n) is 2.69. The number of rotatable bonds is 7. The van der Waals surface area contributed by atoms with E-state index in [0.29, 0.717) is 21.4 Å². The number of aryl methyl sites for hydroxylation is 1. The third-order valence-electron chi connectivity index (χ3n) is 4.18. The van der Waals surface area contributed by atoms with Gasteiger partial charge in [-0.05, 0) is 49.8 Å². The van der Waals surface area contributed by atoms with E-state index in [1.807, 2.05) is 31.2 Å². The second-order valence-electron chi connectivity index (χ2n) is 6.56. The molecular weight excluding hydrogens is 418 g/mol. The number of aliphatic hydroxyl groups excluding tert-OH is 1. The lowest BCUT2D eigenvalue weighted by atomic mass is 10.1. The van der Waals surface area contributed by atoms with Crippen LogP contribution in [0.25, 0.3) is 6.08 Å². The van der Waals surface area contributed by atoms with Crippen LogP contribution in [-0.4, -0.2) is 40.4 Å². The normalized spacial score (nSPS) is 16.1. The van der Waals surface area contributed by atoms with Gasteiger partial charge in [-0.1, -0.05) is 41.6 Å². The molecule has 2 aromatic carbocycles. The van der Waals surface area contributed by atoms with E-state index in [9.17, 15) is 14.7 Å². The Morgan fingerprint density at radius 2 is 1.77 bits per heavy atom. The van der Waals surface area contributed by atoms with Gasteiger partial charge in [0.2, 0.25) is 0 Å². The van der Waals surface area contributed by atoms with Crippen molar-refractivity contribution in [1.29, 1.82) is 0 Å². The molecule has 0 amide bonds. The van der Waals surface area contributed by atoms with Crippen LogP contribution in [0.4, 0.5) is 5.69 Å². The number of esters is 1. The number of aliphatic hydroxyl groups is 1. The fraction of sp³-hybridized carbons (Fsp3) is 0.174. The summed E-state index contributed by atoms with van der Waals surface area (Å²) in [5.74, 6) is -1.48. The third-order valence-corrected chi connectivity index (χ3v) is 5.19. The highest BCUT2D eigenvalue weighted by Gasteiger charge is 2.33. The number of carboxylic acids is 1. The first kappa shape index (κ1) is 22.2. The molecule has 3 rings (SSSR count). The van der Waals surface area contributed by atoms with Crippen molar-refractivity contribution in [3.8, 4) is 5.75 Å². The average molecular weight is 439 g/mol. The second kappa shape index (κ2) is 9.99. The molecule has 31 heavy (non-hydrogen) atoms. The van der Waals surface area contributed by atoms with Gasteiger partial charge >= 0.3 is 11.9 Å². The molecule has 8 heteroatoms. The number of aliphatic imine (C=N–C) groups is 1. The molecule has 0 radical (unpaired) electrons. The van der Waals surface area contributed by atoms with Crippen LogP contribution in [0.5, 0.6) is 5.75 Å². The molecule has 160 valence electrons. The van der Waals surface area contributed by atoms with Gasteiger partial charge in [-0.3, -0.25) is 0 Å². The number of nitrogens with zero attached hydrogens (tertiary/aromatic N) is 1. The molecule has 7 nitrogen and oxygen atoms in total. The Labute approximate surface area is 183 Å². The Morgan fingerprint density at radius 1 is 1.10 bits per heavy atom. The van der Waals surface area contributed by atoms with Gasteiger partial charge in [0.1, 0.15) is 22.1 Å². The fourth-order valence-corrected chi connectivity index (χ4v) is 3.72. The number of aliphatic carboxylic acids is 1. The molecule has 0 atom stereocenters. The van der Waals surface area contributed by atoms with Crippen molar-refractivity contribution in [2.75, 3.05) is 13.2 Å². The van der Waals surface area contributed by atoms with Crippen molar-refractivity contribution in [3.05, 3.63) is 75.9 Å². The van der Waals surface area contributed by atoms with Crippen LogP contribution >= 0.6 is 11.8 Å². The van der Waals surface area contributed by atoms with Gasteiger partial charge in [0, 0.05) is 0 Å². The monoisotopic (exact) mass is 439 g/mol. The van der Waals surface area contributed by atoms with Crippen LogP contribution in [0.15, 0.2) is 69.8 Å². The van der Waals surface area contributed by atoms with Crippen LogP contribution < -0.4 is 4.74 Å². The Morgan fingerprint density at radius 3 is 2.39 bits per heavy atom. The topological polar surface area (TPSA) is 105 Å². The molecule has 0 fully saturated rings. The number of carbonyl (C=O) groups excluding carboxylic acids is 1. The van der Waals surface area contributed by atoms with Gasteiger partial charge in [-0.2, -0.15) is 0 Å². The van der Waals surface area contributed by atoms with Crippen LogP contribution in [0.2, 0.25) is 0 Å². The number of hydrogen-bond acceptors (Lipinski definition) is 7. The van der Waals surface area contributed by atoms with Crippen LogP contribution in [0.3, 0.4) is 0 Å². The van der Waals surface area contributed by atoms with Crippen LogP contribution in [-0.2, 0) is 14.3 Å². The van der Waals surface area contributed by atoms with Crippen molar-refractivity contribution < 1.29 is 29.3 Å². The quantitative estimate of drug-likeness (QED) is 0.605. The van der Waals surface area contributed by atoms with Crippen molar-refractivity contribution in [2.24, 2.45) is 4.99 Å². The van der Waals surface area contributed by atoms with E-state index in [1.54, 1.807) is 37.3 Å². The summed E-state index contributed by atoms with van der Waals surface area (Å²) in [5.41, 5.74) is 2.50. The largest absolute Gasteiger partial charge is 0.506 e.